The van der Waals surface area contributed by atoms with Gasteiger partial charge in [0.1, 0.15) is 5.75 Å². The van der Waals surface area contributed by atoms with Crippen LogP contribution in [0.2, 0.25) is 0 Å². The smallest absolute Gasteiger partial charge is 0.234 e. The first kappa shape index (κ1) is 18.0. The number of rotatable bonds is 4. The molecule has 3 rings (SSSR count). The number of hydrogen-bond donors (Lipinski definition) is 2. The van der Waals surface area contributed by atoms with Crippen LogP contribution in [0, 0.1) is 0 Å². The van der Waals surface area contributed by atoms with E-state index in [9.17, 15) is 18.3 Å². The zero-order valence-electron chi connectivity index (χ0n) is 14.4. The van der Waals surface area contributed by atoms with E-state index in [1.165, 1.54) is 0 Å². The Morgan fingerprint density at radius 2 is 1.92 bits per heavy atom. The number of nitrogens with zero attached hydrogens (tertiary/aromatic N) is 2. The maximum Gasteiger partial charge on any atom is 0.234 e. The fourth-order valence-corrected chi connectivity index (χ4v) is 5.66. The summed E-state index contributed by atoms with van der Waals surface area (Å²) in [6.45, 7) is 4.97. The van der Waals surface area contributed by atoms with E-state index >= 15 is 0 Å². The highest BCUT2D eigenvalue weighted by molar-refractivity contribution is 7.91. The van der Waals surface area contributed by atoms with Crippen molar-refractivity contribution >= 4 is 21.4 Å². The number of nitrogens with one attached hydrogen (secondary N) is 1. The van der Waals surface area contributed by atoms with Crippen molar-refractivity contribution in [2.45, 2.75) is 18.9 Å². The summed E-state index contributed by atoms with van der Waals surface area (Å²) < 4.78 is 23.3. The van der Waals surface area contributed by atoms with Crippen LogP contribution in [0.1, 0.15) is 13.3 Å². The highest BCUT2D eigenvalue weighted by atomic mass is 32.2. The van der Waals surface area contributed by atoms with E-state index in [1.54, 1.807) is 19.1 Å². The SMILES string of the molecule is C[C@]1(NC(=O)CN2CCN(c3ccccc3O)CC2)CCS(=O)(=O)C1. The summed E-state index contributed by atoms with van der Waals surface area (Å²) in [6, 6.07) is 7.25. The van der Waals surface area contributed by atoms with E-state index in [0.717, 1.165) is 31.9 Å². The fourth-order valence-electron chi connectivity index (χ4n) is 3.57. The minimum absolute atomic E-state index is 0.0206. The highest BCUT2D eigenvalue weighted by Crippen LogP contribution is 2.27. The largest absolute Gasteiger partial charge is 0.506 e. The standard InChI is InChI=1S/C17H25N3O4S/c1-17(6-11-25(23,24)13-17)18-16(22)12-19-7-9-20(10-8-19)14-4-2-3-5-15(14)21/h2-5,21H,6-13H2,1H3,(H,18,22)/t17-/m0/s1. The van der Waals surface area contributed by atoms with Crippen LogP contribution in [0.4, 0.5) is 5.69 Å². The second kappa shape index (κ2) is 6.84. The summed E-state index contributed by atoms with van der Waals surface area (Å²) in [7, 11) is -3.03. The number of piperazine rings is 1. The van der Waals surface area contributed by atoms with Gasteiger partial charge < -0.3 is 15.3 Å². The summed E-state index contributed by atoms with van der Waals surface area (Å²) in [6.07, 6.45) is 0.474. The molecule has 7 nitrogen and oxygen atoms in total. The van der Waals surface area contributed by atoms with Gasteiger partial charge >= 0.3 is 0 Å². The Labute approximate surface area is 148 Å². The third kappa shape index (κ3) is 4.43. The molecule has 8 heteroatoms. The van der Waals surface area contributed by atoms with Crippen LogP contribution in [0.15, 0.2) is 24.3 Å². The van der Waals surface area contributed by atoms with E-state index in [-0.39, 0.29) is 29.7 Å². The Morgan fingerprint density at radius 3 is 2.52 bits per heavy atom. The molecule has 25 heavy (non-hydrogen) atoms. The summed E-state index contributed by atoms with van der Waals surface area (Å²) in [5.41, 5.74) is 0.170. The number of carbonyl (C=O) groups is 1. The van der Waals surface area contributed by atoms with Crippen LogP contribution in [0.25, 0.3) is 0 Å². The molecule has 0 spiro atoms. The Balaban J connectivity index is 1.49. The van der Waals surface area contributed by atoms with Crippen molar-refractivity contribution < 1.29 is 18.3 Å². The summed E-state index contributed by atoms with van der Waals surface area (Å²) in [5.74, 6) is 0.301. The second-order valence-electron chi connectivity index (χ2n) is 7.20. The molecule has 2 saturated heterocycles. The lowest BCUT2D eigenvalue weighted by Gasteiger charge is -2.36. The van der Waals surface area contributed by atoms with Gasteiger partial charge in [0.15, 0.2) is 9.84 Å². The number of phenols is 1. The molecule has 1 aromatic carbocycles. The van der Waals surface area contributed by atoms with Gasteiger partial charge in [-0.1, -0.05) is 12.1 Å². The molecule has 0 radical (unpaired) electrons. The summed E-state index contributed by atoms with van der Waals surface area (Å²) in [4.78, 5) is 16.4. The molecular formula is C17H25N3O4S. The molecule has 0 unspecified atom stereocenters. The first-order valence-corrected chi connectivity index (χ1v) is 10.4. The molecule has 0 saturated carbocycles. The Kier molecular flexibility index (Phi) is 4.92. The van der Waals surface area contributed by atoms with E-state index in [0.29, 0.717) is 6.42 Å². The number of amides is 1. The zero-order chi connectivity index (χ0) is 18.1. The number of para-hydroxylation sites is 2. The van der Waals surface area contributed by atoms with Crippen LogP contribution in [-0.2, 0) is 14.6 Å². The van der Waals surface area contributed by atoms with Crippen LogP contribution < -0.4 is 10.2 Å². The fraction of sp³-hybridized carbons (Fsp3) is 0.588. The van der Waals surface area contributed by atoms with Gasteiger partial charge in [-0.15, -0.1) is 0 Å². The molecule has 2 N–H and O–H groups in total. The summed E-state index contributed by atoms with van der Waals surface area (Å²) in [5, 5.41) is 12.8. The van der Waals surface area contributed by atoms with Gasteiger partial charge in [-0.05, 0) is 25.5 Å². The number of sulfone groups is 1. The molecule has 0 bridgehead atoms. The average Bonchev–Trinajstić information content (AvgIpc) is 2.81. The molecule has 1 atom stereocenters. The zero-order valence-corrected chi connectivity index (χ0v) is 15.3. The van der Waals surface area contributed by atoms with Crippen molar-refractivity contribution in [3.05, 3.63) is 24.3 Å². The van der Waals surface area contributed by atoms with Crippen LogP contribution in [0.5, 0.6) is 5.75 Å². The first-order chi connectivity index (χ1) is 11.8. The van der Waals surface area contributed by atoms with Gasteiger partial charge in [-0.3, -0.25) is 9.69 Å². The minimum Gasteiger partial charge on any atom is -0.506 e. The van der Waals surface area contributed by atoms with Gasteiger partial charge in [-0.2, -0.15) is 0 Å². The number of benzene rings is 1. The predicted octanol–water partition coefficient (Wildman–Crippen LogP) is 0.208. The summed E-state index contributed by atoms with van der Waals surface area (Å²) >= 11 is 0. The molecule has 1 amide bonds. The van der Waals surface area contributed by atoms with Crippen molar-refractivity contribution in [2.75, 3.05) is 49.1 Å². The first-order valence-electron chi connectivity index (χ1n) is 8.53. The minimum atomic E-state index is -3.03. The molecule has 2 aliphatic rings. The number of anilines is 1. The Hall–Kier alpha value is -1.80. The number of hydrogen-bond acceptors (Lipinski definition) is 6. The Morgan fingerprint density at radius 1 is 1.24 bits per heavy atom. The van der Waals surface area contributed by atoms with Crippen molar-refractivity contribution in [1.29, 1.82) is 0 Å². The molecule has 2 heterocycles. The monoisotopic (exact) mass is 367 g/mol. The maximum atomic E-state index is 12.3. The van der Waals surface area contributed by atoms with Crippen LogP contribution >= 0.6 is 0 Å². The number of phenolic OH excluding ortho intramolecular Hbond substituents is 1. The van der Waals surface area contributed by atoms with E-state index in [1.807, 2.05) is 12.1 Å². The predicted molar refractivity (Wildman–Crippen MR) is 96.6 cm³/mol. The van der Waals surface area contributed by atoms with Gasteiger partial charge in [0.05, 0.1) is 29.3 Å². The molecular weight excluding hydrogens is 342 g/mol. The van der Waals surface area contributed by atoms with Crippen LogP contribution in [0.3, 0.4) is 0 Å². The Bertz CT molecular complexity index is 744. The lowest BCUT2D eigenvalue weighted by Crippen LogP contribution is -2.53. The van der Waals surface area contributed by atoms with E-state index in [4.69, 9.17) is 0 Å². The van der Waals surface area contributed by atoms with Crippen molar-refractivity contribution in [1.82, 2.24) is 10.2 Å². The highest BCUT2D eigenvalue weighted by Gasteiger charge is 2.39. The third-order valence-corrected chi connectivity index (χ3v) is 6.81. The topological polar surface area (TPSA) is 89.9 Å². The lowest BCUT2D eigenvalue weighted by molar-refractivity contribution is -0.123. The molecule has 0 aliphatic carbocycles. The maximum absolute atomic E-state index is 12.3. The normalized spacial score (nSPS) is 26.5. The quantitative estimate of drug-likeness (QED) is 0.791. The lowest BCUT2D eigenvalue weighted by atomic mass is 10.0. The van der Waals surface area contributed by atoms with Gasteiger partial charge in [0.25, 0.3) is 0 Å². The molecule has 2 fully saturated rings. The average molecular weight is 367 g/mol. The van der Waals surface area contributed by atoms with E-state index < -0.39 is 15.4 Å². The molecule has 1 aromatic rings. The third-order valence-electron chi connectivity index (χ3n) is 4.91. The van der Waals surface area contributed by atoms with Gasteiger partial charge in [-0.25, -0.2) is 8.42 Å². The van der Waals surface area contributed by atoms with Crippen molar-refractivity contribution in [3.63, 3.8) is 0 Å². The number of aromatic hydroxyl groups is 1. The van der Waals surface area contributed by atoms with Gasteiger partial charge in [0.2, 0.25) is 5.91 Å². The molecule has 138 valence electrons. The number of carbonyl (C=O) groups excluding carboxylic acids is 1. The van der Waals surface area contributed by atoms with Crippen molar-refractivity contribution in [3.8, 4) is 5.75 Å². The van der Waals surface area contributed by atoms with Crippen LogP contribution in [-0.4, -0.2) is 74.1 Å². The van der Waals surface area contributed by atoms with Crippen molar-refractivity contribution in [2.24, 2.45) is 0 Å². The molecule has 2 aliphatic heterocycles. The second-order valence-corrected chi connectivity index (χ2v) is 9.39. The molecule has 0 aromatic heterocycles. The van der Waals surface area contributed by atoms with Gasteiger partial charge in [0, 0.05) is 26.2 Å². The van der Waals surface area contributed by atoms with E-state index in [2.05, 4.69) is 15.1 Å².